The molecule has 1 aliphatic carbocycles. The van der Waals surface area contributed by atoms with E-state index in [9.17, 15) is 5.11 Å². The normalized spacial score (nSPS) is 25.6. The number of aliphatic hydroxyl groups is 1. The van der Waals surface area contributed by atoms with Gasteiger partial charge in [0.05, 0.1) is 6.10 Å². The first-order valence-corrected chi connectivity index (χ1v) is 6.00. The molecule has 0 spiro atoms. The van der Waals surface area contributed by atoms with Gasteiger partial charge in [0.2, 0.25) is 0 Å². The molecule has 0 bridgehead atoms. The van der Waals surface area contributed by atoms with Crippen molar-refractivity contribution in [3.05, 3.63) is 29.8 Å². The van der Waals surface area contributed by atoms with Crippen LogP contribution in [0.15, 0.2) is 24.3 Å². The van der Waals surface area contributed by atoms with E-state index in [1.807, 2.05) is 18.2 Å². The van der Waals surface area contributed by atoms with Gasteiger partial charge in [-0.1, -0.05) is 18.2 Å². The highest BCUT2D eigenvalue weighted by atomic mass is 16.3. The van der Waals surface area contributed by atoms with Gasteiger partial charge in [0, 0.05) is 18.3 Å². The number of nitrogen functional groups attached to an aromatic ring is 1. The van der Waals surface area contributed by atoms with Crippen molar-refractivity contribution >= 4 is 5.69 Å². The fraction of sp³-hybridized carbons (Fsp3) is 0.538. The Morgan fingerprint density at radius 3 is 2.56 bits per heavy atom. The summed E-state index contributed by atoms with van der Waals surface area (Å²) in [5, 5.41) is 12.9. The maximum atomic E-state index is 9.41. The Morgan fingerprint density at radius 1 is 1.19 bits per heavy atom. The summed E-state index contributed by atoms with van der Waals surface area (Å²) in [6.45, 7) is 0.827. The average Bonchev–Trinajstić information content (AvgIpc) is 2.30. The second-order valence-electron chi connectivity index (χ2n) is 4.59. The minimum Gasteiger partial charge on any atom is -0.398 e. The molecular weight excluding hydrogens is 200 g/mol. The molecule has 88 valence electrons. The van der Waals surface area contributed by atoms with Crippen molar-refractivity contribution in [3.63, 3.8) is 0 Å². The molecule has 16 heavy (non-hydrogen) atoms. The van der Waals surface area contributed by atoms with Crippen LogP contribution in [0, 0.1) is 0 Å². The lowest BCUT2D eigenvalue weighted by atomic mass is 9.93. The van der Waals surface area contributed by atoms with Crippen molar-refractivity contribution in [1.29, 1.82) is 0 Å². The molecular formula is C13H20N2O. The summed E-state index contributed by atoms with van der Waals surface area (Å²) < 4.78 is 0. The molecule has 1 aromatic rings. The topological polar surface area (TPSA) is 58.3 Å². The van der Waals surface area contributed by atoms with Gasteiger partial charge >= 0.3 is 0 Å². The number of hydrogen-bond donors (Lipinski definition) is 3. The van der Waals surface area contributed by atoms with Crippen LogP contribution >= 0.6 is 0 Å². The number of para-hydroxylation sites is 1. The molecule has 0 aliphatic heterocycles. The lowest BCUT2D eigenvalue weighted by Gasteiger charge is -2.26. The van der Waals surface area contributed by atoms with Gasteiger partial charge in [-0.25, -0.2) is 0 Å². The lowest BCUT2D eigenvalue weighted by Crippen LogP contribution is -2.34. The largest absolute Gasteiger partial charge is 0.398 e. The van der Waals surface area contributed by atoms with Crippen molar-refractivity contribution in [1.82, 2.24) is 5.32 Å². The van der Waals surface area contributed by atoms with Crippen molar-refractivity contribution < 1.29 is 5.11 Å². The van der Waals surface area contributed by atoms with E-state index in [4.69, 9.17) is 5.73 Å². The number of anilines is 1. The summed E-state index contributed by atoms with van der Waals surface area (Å²) in [5.41, 5.74) is 7.89. The van der Waals surface area contributed by atoms with Crippen LogP contribution in [0.4, 0.5) is 5.69 Å². The van der Waals surface area contributed by atoms with E-state index in [2.05, 4.69) is 11.4 Å². The van der Waals surface area contributed by atoms with Gasteiger partial charge in [-0.2, -0.15) is 0 Å². The van der Waals surface area contributed by atoms with Crippen molar-refractivity contribution in [2.45, 2.75) is 44.4 Å². The summed E-state index contributed by atoms with van der Waals surface area (Å²) in [6.07, 6.45) is 3.88. The highest BCUT2D eigenvalue weighted by Crippen LogP contribution is 2.19. The van der Waals surface area contributed by atoms with Gasteiger partial charge in [-0.15, -0.1) is 0 Å². The molecule has 3 heteroatoms. The van der Waals surface area contributed by atoms with Gasteiger partial charge in [0.25, 0.3) is 0 Å². The van der Waals surface area contributed by atoms with Crippen LogP contribution in [-0.4, -0.2) is 17.3 Å². The third-order valence-corrected chi connectivity index (χ3v) is 3.33. The number of rotatable bonds is 3. The Bertz CT molecular complexity index is 332. The summed E-state index contributed by atoms with van der Waals surface area (Å²) in [6, 6.07) is 8.48. The monoisotopic (exact) mass is 220 g/mol. The zero-order valence-corrected chi connectivity index (χ0v) is 9.52. The molecule has 0 atom stereocenters. The van der Waals surface area contributed by atoms with Crippen LogP contribution in [0.5, 0.6) is 0 Å². The summed E-state index contributed by atoms with van der Waals surface area (Å²) in [4.78, 5) is 0. The van der Waals surface area contributed by atoms with Gasteiger partial charge in [0.1, 0.15) is 0 Å². The van der Waals surface area contributed by atoms with E-state index >= 15 is 0 Å². The third-order valence-electron chi connectivity index (χ3n) is 3.33. The van der Waals surface area contributed by atoms with Gasteiger partial charge in [-0.3, -0.25) is 0 Å². The molecule has 2 rings (SSSR count). The van der Waals surface area contributed by atoms with Gasteiger partial charge < -0.3 is 16.2 Å². The highest BCUT2D eigenvalue weighted by molar-refractivity contribution is 5.46. The molecule has 1 fully saturated rings. The average molecular weight is 220 g/mol. The van der Waals surface area contributed by atoms with Crippen LogP contribution in [0.3, 0.4) is 0 Å². The van der Waals surface area contributed by atoms with Crippen LogP contribution in [0.2, 0.25) is 0 Å². The molecule has 0 amide bonds. The zero-order valence-electron chi connectivity index (χ0n) is 9.52. The molecule has 0 heterocycles. The van der Waals surface area contributed by atoms with Crippen molar-refractivity contribution in [3.8, 4) is 0 Å². The summed E-state index contributed by atoms with van der Waals surface area (Å²) in [5.74, 6) is 0. The Morgan fingerprint density at radius 2 is 1.88 bits per heavy atom. The molecule has 0 unspecified atom stereocenters. The number of hydrogen-bond acceptors (Lipinski definition) is 3. The second kappa shape index (κ2) is 5.32. The number of nitrogens with one attached hydrogen (secondary N) is 1. The predicted octanol–water partition coefficient (Wildman–Crippen LogP) is 1.66. The predicted molar refractivity (Wildman–Crippen MR) is 66.0 cm³/mol. The molecule has 0 saturated heterocycles. The van der Waals surface area contributed by atoms with E-state index < -0.39 is 0 Å². The Balaban J connectivity index is 1.81. The molecule has 1 aromatic carbocycles. The SMILES string of the molecule is Nc1ccccc1CNC1CCC(O)CC1. The van der Waals surface area contributed by atoms with E-state index in [-0.39, 0.29) is 6.10 Å². The zero-order chi connectivity index (χ0) is 11.4. The second-order valence-corrected chi connectivity index (χ2v) is 4.59. The minimum absolute atomic E-state index is 0.0835. The maximum absolute atomic E-state index is 9.41. The standard InChI is InChI=1S/C13H20N2O/c14-13-4-2-1-3-10(13)9-15-11-5-7-12(16)8-6-11/h1-4,11-12,15-16H,5-9,14H2. The first-order chi connectivity index (χ1) is 7.75. The Labute approximate surface area is 96.7 Å². The van der Waals surface area contributed by atoms with Crippen LogP contribution in [0.25, 0.3) is 0 Å². The molecule has 3 nitrogen and oxygen atoms in total. The lowest BCUT2D eigenvalue weighted by molar-refractivity contribution is 0.116. The molecule has 0 aromatic heterocycles. The molecule has 1 aliphatic rings. The van der Waals surface area contributed by atoms with E-state index in [0.717, 1.165) is 43.5 Å². The number of aliphatic hydroxyl groups excluding tert-OH is 1. The fourth-order valence-corrected chi connectivity index (χ4v) is 2.23. The quantitative estimate of drug-likeness (QED) is 0.679. The molecule has 1 saturated carbocycles. The van der Waals surface area contributed by atoms with E-state index in [1.165, 1.54) is 0 Å². The Kier molecular flexibility index (Phi) is 3.80. The minimum atomic E-state index is -0.0835. The van der Waals surface area contributed by atoms with Gasteiger partial charge in [0.15, 0.2) is 0 Å². The van der Waals surface area contributed by atoms with E-state index in [1.54, 1.807) is 0 Å². The van der Waals surface area contributed by atoms with Crippen LogP contribution in [-0.2, 0) is 6.54 Å². The third kappa shape index (κ3) is 2.97. The van der Waals surface area contributed by atoms with Crippen LogP contribution < -0.4 is 11.1 Å². The Hall–Kier alpha value is -1.06. The first-order valence-electron chi connectivity index (χ1n) is 6.00. The highest BCUT2D eigenvalue weighted by Gasteiger charge is 2.18. The van der Waals surface area contributed by atoms with Crippen LogP contribution in [0.1, 0.15) is 31.2 Å². The van der Waals surface area contributed by atoms with Crippen molar-refractivity contribution in [2.75, 3.05) is 5.73 Å². The molecule has 4 N–H and O–H groups in total. The first kappa shape index (κ1) is 11.4. The van der Waals surface area contributed by atoms with Gasteiger partial charge in [-0.05, 0) is 37.3 Å². The van der Waals surface area contributed by atoms with Crippen molar-refractivity contribution in [2.24, 2.45) is 0 Å². The summed E-state index contributed by atoms with van der Waals surface area (Å²) >= 11 is 0. The summed E-state index contributed by atoms with van der Waals surface area (Å²) in [7, 11) is 0. The molecule has 0 radical (unpaired) electrons. The number of nitrogens with two attached hydrogens (primary N) is 1. The maximum Gasteiger partial charge on any atom is 0.0541 e. The number of benzene rings is 1. The van der Waals surface area contributed by atoms with E-state index in [0.29, 0.717) is 6.04 Å². The fourth-order valence-electron chi connectivity index (χ4n) is 2.23. The smallest absolute Gasteiger partial charge is 0.0541 e.